The predicted molar refractivity (Wildman–Crippen MR) is 77.7 cm³/mol. The predicted octanol–water partition coefficient (Wildman–Crippen LogP) is 4.01. The molecule has 1 amide bonds. The topological polar surface area (TPSA) is 20.3 Å². The van der Waals surface area contributed by atoms with E-state index in [1.54, 1.807) is 11.9 Å². The lowest BCUT2D eigenvalue weighted by Gasteiger charge is -2.12. The van der Waals surface area contributed by atoms with Crippen LogP contribution >= 0.6 is 0 Å². The number of hydrogen-bond acceptors (Lipinski definition) is 1. The number of amides is 1. The summed E-state index contributed by atoms with van der Waals surface area (Å²) in [6.07, 6.45) is -3.94. The van der Waals surface area contributed by atoms with Crippen molar-refractivity contribution in [3.05, 3.63) is 65.2 Å². The number of para-hydroxylation sites is 1. The Morgan fingerprint density at radius 1 is 1.05 bits per heavy atom. The Labute approximate surface area is 126 Å². The highest BCUT2D eigenvalue weighted by Crippen LogP contribution is 2.38. The molecule has 2 nitrogen and oxygen atoms in total. The molecule has 1 aliphatic heterocycles. The van der Waals surface area contributed by atoms with E-state index in [4.69, 9.17) is 0 Å². The molecule has 0 radical (unpaired) electrons. The van der Waals surface area contributed by atoms with Crippen LogP contribution in [0, 0.1) is 0 Å². The standard InChI is InChI=1S/C17H14F3NO/c1-21-15-5-3-2-4-13(15)14(16(21)22)10-11-6-8-12(9-7-11)17(18,19)20/h2-9,14H,10H2,1H3/t14-/m1/s1. The van der Waals surface area contributed by atoms with Gasteiger partial charge in [0.2, 0.25) is 5.91 Å². The van der Waals surface area contributed by atoms with Crippen LogP contribution in [0.5, 0.6) is 0 Å². The number of hydrogen-bond donors (Lipinski definition) is 0. The molecule has 0 aromatic heterocycles. The number of nitrogens with zero attached hydrogens (tertiary/aromatic N) is 1. The Bertz CT molecular complexity index is 707. The number of rotatable bonds is 2. The number of carbonyl (C=O) groups is 1. The molecule has 2 aromatic carbocycles. The molecule has 0 unspecified atom stereocenters. The lowest BCUT2D eigenvalue weighted by Crippen LogP contribution is -2.24. The number of anilines is 1. The summed E-state index contributed by atoms with van der Waals surface area (Å²) < 4.78 is 37.7. The molecule has 22 heavy (non-hydrogen) atoms. The Balaban J connectivity index is 1.86. The van der Waals surface area contributed by atoms with Crippen LogP contribution in [-0.4, -0.2) is 13.0 Å². The smallest absolute Gasteiger partial charge is 0.315 e. The fraction of sp³-hybridized carbons (Fsp3) is 0.235. The van der Waals surface area contributed by atoms with Crippen LogP contribution in [0.2, 0.25) is 0 Å². The van der Waals surface area contributed by atoms with Crippen molar-refractivity contribution in [3.8, 4) is 0 Å². The van der Waals surface area contributed by atoms with Crippen molar-refractivity contribution >= 4 is 11.6 Å². The fourth-order valence-corrected chi connectivity index (χ4v) is 2.84. The van der Waals surface area contributed by atoms with Crippen molar-refractivity contribution in [2.75, 3.05) is 11.9 Å². The highest BCUT2D eigenvalue weighted by molar-refractivity contribution is 6.04. The molecule has 1 aliphatic rings. The van der Waals surface area contributed by atoms with E-state index < -0.39 is 11.7 Å². The molecule has 0 saturated heterocycles. The fourth-order valence-electron chi connectivity index (χ4n) is 2.84. The van der Waals surface area contributed by atoms with Gasteiger partial charge in [-0.1, -0.05) is 30.3 Å². The summed E-state index contributed by atoms with van der Waals surface area (Å²) in [5.74, 6) is -0.362. The first-order valence-electron chi connectivity index (χ1n) is 6.90. The maximum Gasteiger partial charge on any atom is 0.416 e. The number of carbonyl (C=O) groups excluding carboxylic acids is 1. The lowest BCUT2D eigenvalue weighted by molar-refractivity contribution is -0.137. The second kappa shape index (κ2) is 5.16. The lowest BCUT2D eigenvalue weighted by atomic mass is 9.93. The molecule has 2 aromatic rings. The van der Waals surface area contributed by atoms with E-state index in [-0.39, 0.29) is 11.8 Å². The maximum absolute atomic E-state index is 12.6. The molecule has 0 bridgehead atoms. The van der Waals surface area contributed by atoms with Crippen LogP contribution in [-0.2, 0) is 17.4 Å². The third-order valence-corrected chi connectivity index (χ3v) is 4.02. The summed E-state index contributed by atoms with van der Waals surface area (Å²) in [5, 5.41) is 0. The number of benzene rings is 2. The minimum absolute atomic E-state index is 0.0268. The van der Waals surface area contributed by atoms with Gasteiger partial charge in [-0.25, -0.2) is 0 Å². The zero-order chi connectivity index (χ0) is 15.9. The molecule has 0 fully saturated rings. The zero-order valence-electron chi connectivity index (χ0n) is 11.9. The van der Waals surface area contributed by atoms with Crippen molar-refractivity contribution in [3.63, 3.8) is 0 Å². The monoisotopic (exact) mass is 305 g/mol. The summed E-state index contributed by atoms with van der Waals surface area (Å²) in [7, 11) is 1.72. The average Bonchev–Trinajstić information content (AvgIpc) is 2.73. The van der Waals surface area contributed by atoms with Gasteiger partial charge >= 0.3 is 6.18 Å². The highest BCUT2D eigenvalue weighted by atomic mass is 19.4. The molecule has 0 N–H and O–H groups in total. The van der Waals surface area contributed by atoms with Crippen molar-refractivity contribution in [1.29, 1.82) is 0 Å². The van der Waals surface area contributed by atoms with E-state index in [1.165, 1.54) is 12.1 Å². The van der Waals surface area contributed by atoms with Crippen LogP contribution in [0.3, 0.4) is 0 Å². The van der Waals surface area contributed by atoms with Gasteiger partial charge in [0, 0.05) is 12.7 Å². The molecular weight excluding hydrogens is 291 g/mol. The molecule has 1 atom stereocenters. The maximum atomic E-state index is 12.6. The average molecular weight is 305 g/mol. The van der Waals surface area contributed by atoms with Crippen LogP contribution in [0.25, 0.3) is 0 Å². The van der Waals surface area contributed by atoms with Gasteiger partial charge < -0.3 is 4.90 Å². The van der Waals surface area contributed by atoms with E-state index in [2.05, 4.69) is 0 Å². The largest absolute Gasteiger partial charge is 0.416 e. The Hall–Kier alpha value is -2.30. The van der Waals surface area contributed by atoms with Gasteiger partial charge in [-0.2, -0.15) is 13.2 Å². The third kappa shape index (κ3) is 2.47. The van der Waals surface area contributed by atoms with Crippen LogP contribution in [0.1, 0.15) is 22.6 Å². The van der Waals surface area contributed by atoms with Gasteiger partial charge in [0.1, 0.15) is 0 Å². The summed E-state index contributed by atoms with van der Waals surface area (Å²) >= 11 is 0. The van der Waals surface area contributed by atoms with Gasteiger partial charge in [0.25, 0.3) is 0 Å². The van der Waals surface area contributed by atoms with Crippen molar-refractivity contribution < 1.29 is 18.0 Å². The summed E-state index contributed by atoms with van der Waals surface area (Å²) in [4.78, 5) is 13.9. The number of likely N-dealkylation sites (N-methyl/N-ethyl adjacent to an activating group) is 1. The Morgan fingerprint density at radius 3 is 2.32 bits per heavy atom. The van der Waals surface area contributed by atoms with Gasteiger partial charge in [-0.15, -0.1) is 0 Å². The van der Waals surface area contributed by atoms with E-state index >= 15 is 0 Å². The molecule has 0 spiro atoms. The Morgan fingerprint density at radius 2 is 1.68 bits per heavy atom. The molecule has 1 heterocycles. The van der Waals surface area contributed by atoms with E-state index in [0.29, 0.717) is 6.42 Å². The third-order valence-electron chi connectivity index (χ3n) is 4.02. The van der Waals surface area contributed by atoms with Crippen LogP contribution in [0.15, 0.2) is 48.5 Å². The SMILES string of the molecule is CN1C(=O)[C@H](Cc2ccc(C(F)(F)F)cc2)c2ccccc21. The molecule has 0 aliphatic carbocycles. The first-order valence-corrected chi connectivity index (χ1v) is 6.90. The minimum Gasteiger partial charge on any atom is -0.315 e. The first kappa shape index (κ1) is 14.6. The number of halogens is 3. The second-order valence-corrected chi connectivity index (χ2v) is 5.41. The Kier molecular flexibility index (Phi) is 3.43. The molecule has 5 heteroatoms. The zero-order valence-corrected chi connectivity index (χ0v) is 11.9. The number of alkyl halides is 3. The molecule has 3 rings (SSSR count). The summed E-state index contributed by atoms with van der Waals surface area (Å²) in [5.41, 5.74) is 1.84. The number of fused-ring (bicyclic) bond motifs is 1. The van der Waals surface area contributed by atoms with Crippen molar-refractivity contribution in [2.24, 2.45) is 0 Å². The van der Waals surface area contributed by atoms with Gasteiger partial charge in [0.05, 0.1) is 11.5 Å². The van der Waals surface area contributed by atoms with Crippen LogP contribution < -0.4 is 4.90 Å². The summed E-state index contributed by atoms with van der Waals surface area (Å²) in [6.45, 7) is 0. The quantitative estimate of drug-likeness (QED) is 0.821. The van der Waals surface area contributed by atoms with Gasteiger partial charge in [-0.05, 0) is 35.7 Å². The summed E-state index contributed by atoms with van der Waals surface area (Å²) in [6, 6.07) is 12.5. The van der Waals surface area contributed by atoms with E-state index in [9.17, 15) is 18.0 Å². The van der Waals surface area contributed by atoms with Gasteiger partial charge in [-0.3, -0.25) is 4.79 Å². The van der Waals surface area contributed by atoms with Crippen LogP contribution in [0.4, 0.5) is 18.9 Å². The van der Waals surface area contributed by atoms with E-state index in [1.807, 2.05) is 24.3 Å². The normalized spacial score (nSPS) is 17.7. The van der Waals surface area contributed by atoms with Crippen molar-refractivity contribution in [1.82, 2.24) is 0 Å². The van der Waals surface area contributed by atoms with Gasteiger partial charge in [0.15, 0.2) is 0 Å². The van der Waals surface area contributed by atoms with Crippen molar-refractivity contribution in [2.45, 2.75) is 18.5 Å². The molecular formula is C17H14F3NO. The first-order chi connectivity index (χ1) is 10.4. The molecule has 0 saturated carbocycles. The minimum atomic E-state index is -4.34. The van der Waals surface area contributed by atoms with E-state index in [0.717, 1.165) is 28.9 Å². The highest BCUT2D eigenvalue weighted by Gasteiger charge is 2.35. The second-order valence-electron chi connectivity index (χ2n) is 5.41. The molecule has 114 valence electrons.